The van der Waals surface area contributed by atoms with Crippen LogP contribution in [0.15, 0.2) is 36.4 Å². The minimum Gasteiger partial charge on any atom is -0.490 e. The summed E-state index contributed by atoms with van der Waals surface area (Å²) in [7, 11) is 0. The van der Waals surface area contributed by atoms with Crippen molar-refractivity contribution in [3.05, 3.63) is 63.7 Å². The Hall–Kier alpha value is -1.51. The maximum absolute atomic E-state index is 10.5. The number of hydrogen-bond donors (Lipinski definition) is 1. The SMILES string of the molecule is Cc1cc(Cl)cc(C(O)c2ccc3c(c2)CC(C)O3)c1. The lowest BCUT2D eigenvalue weighted by Gasteiger charge is -2.14. The Morgan fingerprint density at radius 3 is 2.75 bits per heavy atom. The Morgan fingerprint density at radius 2 is 2.00 bits per heavy atom. The molecule has 0 fully saturated rings. The van der Waals surface area contributed by atoms with Gasteiger partial charge in [0, 0.05) is 11.4 Å². The molecule has 2 nitrogen and oxygen atoms in total. The van der Waals surface area contributed by atoms with Crippen LogP contribution in [0.4, 0.5) is 0 Å². The van der Waals surface area contributed by atoms with Crippen LogP contribution >= 0.6 is 11.6 Å². The maximum Gasteiger partial charge on any atom is 0.123 e. The fourth-order valence-electron chi connectivity index (χ4n) is 2.73. The van der Waals surface area contributed by atoms with Gasteiger partial charge in [-0.2, -0.15) is 0 Å². The monoisotopic (exact) mass is 288 g/mol. The zero-order valence-electron chi connectivity index (χ0n) is 11.6. The highest BCUT2D eigenvalue weighted by atomic mass is 35.5. The van der Waals surface area contributed by atoms with Gasteiger partial charge in [0.1, 0.15) is 18.0 Å². The molecular weight excluding hydrogens is 272 g/mol. The van der Waals surface area contributed by atoms with E-state index in [1.54, 1.807) is 0 Å². The average Bonchev–Trinajstić information content (AvgIpc) is 2.75. The van der Waals surface area contributed by atoms with Crippen LogP contribution in [0.25, 0.3) is 0 Å². The Labute approximate surface area is 124 Å². The van der Waals surface area contributed by atoms with Gasteiger partial charge in [0.25, 0.3) is 0 Å². The van der Waals surface area contributed by atoms with E-state index in [0.29, 0.717) is 5.02 Å². The van der Waals surface area contributed by atoms with E-state index in [4.69, 9.17) is 16.3 Å². The summed E-state index contributed by atoms with van der Waals surface area (Å²) in [5, 5.41) is 11.2. The van der Waals surface area contributed by atoms with Crippen molar-refractivity contribution in [1.82, 2.24) is 0 Å². The molecule has 0 amide bonds. The number of benzene rings is 2. The number of aliphatic hydroxyl groups excluding tert-OH is 1. The molecule has 104 valence electrons. The van der Waals surface area contributed by atoms with Crippen LogP contribution in [0.1, 0.15) is 35.3 Å². The van der Waals surface area contributed by atoms with Gasteiger partial charge >= 0.3 is 0 Å². The molecule has 1 N–H and O–H groups in total. The van der Waals surface area contributed by atoms with Crippen molar-refractivity contribution in [3.8, 4) is 5.75 Å². The van der Waals surface area contributed by atoms with Gasteiger partial charge in [-0.1, -0.05) is 23.7 Å². The van der Waals surface area contributed by atoms with Crippen LogP contribution < -0.4 is 4.74 Å². The molecule has 0 radical (unpaired) electrons. The van der Waals surface area contributed by atoms with Crippen LogP contribution in [-0.4, -0.2) is 11.2 Å². The van der Waals surface area contributed by atoms with Gasteiger partial charge in [-0.25, -0.2) is 0 Å². The van der Waals surface area contributed by atoms with Crippen LogP contribution in [0.5, 0.6) is 5.75 Å². The third-order valence-corrected chi connectivity index (χ3v) is 3.83. The van der Waals surface area contributed by atoms with Gasteiger partial charge in [0.15, 0.2) is 0 Å². The topological polar surface area (TPSA) is 29.5 Å². The molecule has 2 atom stereocenters. The molecule has 2 aromatic carbocycles. The Kier molecular flexibility index (Phi) is 3.45. The fraction of sp³-hybridized carbons (Fsp3) is 0.294. The normalized spacial score (nSPS) is 18.5. The first kappa shape index (κ1) is 13.5. The van der Waals surface area contributed by atoms with E-state index in [2.05, 4.69) is 6.92 Å². The van der Waals surface area contributed by atoms with Gasteiger partial charge in [-0.15, -0.1) is 0 Å². The summed E-state index contributed by atoms with van der Waals surface area (Å²) >= 11 is 6.06. The number of halogens is 1. The minimum atomic E-state index is -0.659. The molecule has 0 saturated carbocycles. The van der Waals surface area contributed by atoms with E-state index in [1.165, 1.54) is 0 Å². The zero-order valence-corrected chi connectivity index (χ0v) is 12.3. The number of hydrogen-bond acceptors (Lipinski definition) is 2. The van der Waals surface area contributed by atoms with E-state index in [-0.39, 0.29) is 6.10 Å². The molecule has 20 heavy (non-hydrogen) atoms. The minimum absolute atomic E-state index is 0.214. The van der Waals surface area contributed by atoms with Crippen molar-refractivity contribution in [2.45, 2.75) is 32.5 Å². The van der Waals surface area contributed by atoms with Gasteiger partial charge in [-0.05, 0) is 60.4 Å². The maximum atomic E-state index is 10.5. The van der Waals surface area contributed by atoms with Crippen molar-refractivity contribution in [3.63, 3.8) is 0 Å². The summed E-state index contributed by atoms with van der Waals surface area (Å²) in [6, 6.07) is 11.5. The summed E-state index contributed by atoms with van der Waals surface area (Å²) in [5.41, 5.74) is 3.91. The van der Waals surface area contributed by atoms with Crippen molar-refractivity contribution in [2.75, 3.05) is 0 Å². The van der Waals surface area contributed by atoms with Gasteiger partial charge in [0.2, 0.25) is 0 Å². The lowest BCUT2D eigenvalue weighted by atomic mass is 9.97. The standard InChI is InChI=1S/C17H17ClO2/c1-10-5-14(9-15(18)6-10)17(19)12-3-4-16-13(8-12)7-11(2)20-16/h3-6,8-9,11,17,19H,7H2,1-2H3. The van der Waals surface area contributed by atoms with Crippen molar-refractivity contribution in [2.24, 2.45) is 0 Å². The van der Waals surface area contributed by atoms with Crippen LogP contribution in [0.3, 0.4) is 0 Å². The molecule has 1 aliphatic heterocycles. The highest BCUT2D eigenvalue weighted by Crippen LogP contribution is 2.33. The van der Waals surface area contributed by atoms with Crippen LogP contribution in [0.2, 0.25) is 5.02 Å². The number of rotatable bonds is 2. The van der Waals surface area contributed by atoms with E-state index >= 15 is 0 Å². The van der Waals surface area contributed by atoms with Crippen molar-refractivity contribution >= 4 is 11.6 Å². The lowest BCUT2D eigenvalue weighted by molar-refractivity contribution is 0.220. The summed E-state index contributed by atoms with van der Waals surface area (Å²) in [6.07, 6.45) is 0.448. The third kappa shape index (κ3) is 2.54. The highest BCUT2D eigenvalue weighted by molar-refractivity contribution is 6.30. The first-order valence-electron chi connectivity index (χ1n) is 6.77. The van der Waals surface area contributed by atoms with E-state index in [1.807, 2.05) is 43.3 Å². The van der Waals surface area contributed by atoms with E-state index in [0.717, 1.165) is 34.4 Å². The smallest absolute Gasteiger partial charge is 0.123 e. The van der Waals surface area contributed by atoms with E-state index < -0.39 is 6.10 Å². The summed E-state index contributed by atoms with van der Waals surface area (Å²) in [4.78, 5) is 0. The van der Waals surface area contributed by atoms with Gasteiger partial charge in [0.05, 0.1) is 0 Å². The summed E-state index contributed by atoms with van der Waals surface area (Å²) < 4.78 is 5.68. The zero-order chi connectivity index (χ0) is 14.3. The number of aliphatic hydroxyl groups is 1. The summed E-state index contributed by atoms with van der Waals surface area (Å²) in [6.45, 7) is 4.02. The Bertz CT molecular complexity index is 631. The van der Waals surface area contributed by atoms with Crippen LogP contribution in [-0.2, 0) is 6.42 Å². The molecule has 3 heteroatoms. The van der Waals surface area contributed by atoms with Crippen molar-refractivity contribution < 1.29 is 9.84 Å². The lowest BCUT2D eigenvalue weighted by Crippen LogP contribution is -2.05. The first-order valence-corrected chi connectivity index (χ1v) is 7.15. The second kappa shape index (κ2) is 5.12. The second-order valence-electron chi connectivity index (χ2n) is 5.46. The quantitative estimate of drug-likeness (QED) is 0.903. The molecule has 1 aliphatic rings. The molecule has 2 aromatic rings. The molecule has 1 heterocycles. The highest BCUT2D eigenvalue weighted by Gasteiger charge is 2.21. The molecule has 0 bridgehead atoms. The second-order valence-corrected chi connectivity index (χ2v) is 5.90. The van der Waals surface area contributed by atoms with Crippen LogP contribution in [0, 0.1) is 6.92 Å². The molecular formula is C17H17ClO2. The number of aryl methyl sites for hydroxylation is 1. The number of ether oxygens (including phenoxy) is 1. The average molecular weight is 289 g/mol. The third-order valence-electron chi connectivity index (χ3n) is 3.62. The fourth-order valence-corrected chi connectivity index (χ4v) is 3.03. The largest absolute Gasteiger partial charge is 0.490 e. The van der Waals surface area contributed by atoms with E-state index in [9.17, 15) is 5.11 Å². The van der Waals surface area contributed by atoms with Gasteiger partial charge in [-0.3, -0.25) is 0 Å². The molecule has 0 saturated heterocycles. The van der Waals surface area contributed by atoms with Crippen molar-refractivity contribution in [1.29, 1.82) is 0 Å². The first-order chi connectivity index (χ1) is 9.52. The predicted octanol–water partition coefficient (Wildman–Crippen LogP) is 4.05. The molecule has 2 unspecified atom stereocenters. The summed E-state index contributed by atoms with van der Waals surface area (Å²) in [5.74, 6) is 0.927. The Morgan fingerprint density at radius 1 is 1.20 bits per heavy atom. The Balaban J connectivity index is 1.95. The molecule has 0 aliphatic carbocycles. The number of fused-ring (bicyclic) bond motifs is 1. The van der Waals surface area contributed by atoms with Gasteiger partial charge < -0.3 is 9.84 Å². The predicted molar refractivity (Wildman–Crippen MR) is 80.5 cm³/mol. The molecule has 0 aromatic heterocycles. The molecule has 0 spiro atoms. The molecule has 3 rings (SSSR count).